The van der Waals surface area contributed by atoms with Crippen LogP contribution in [0.25, 0.3) is 0 Å². The van der Waals surface area contributed by atoms with Crippen molar-refractivity contribution in [1.29, 1.82) is 0 Å². The molecule has 1 unspecified atom stereocenters. The average Bonchev–Trinajstić information content (AvgIpc) is 3.05. The van der Waals surface area contributed by atoms with Gasteiger partial charge in [-0.15, -0.1) is 0 Å². The molecule has 6 amide bonds. The number of carbonyl (C=O) groups excluding carboxylic acids is 6. The molecule has 2 fully saturated rings. The van der Waals surface area contributed by atoms with Crippen LogP contribution in [-0.4, -0.2) is 87.8 Å². The third kappa shape index (κ3) is 16.6. The number of hydrogen-bond acceptors (Lipinski definition) is 8. The average molecular weight is 723 g/mol. The molecule has 0 aromatic rings. The highest BCUT2D eigenvalue weighted by atomic mass is 16.4. The van der Waals surface area contributed by atoms with Gasteiger partial charge in [0.25, 0.3) is 0 Å². The summed E-state index contributed by atoms with van der Waals surface area (Å²) in [5, 5.41) is 32.1. The maximum absolute atomic E-state index is 13.8. The second-order valence-electron chi connectivity index (χ2n) is 14.5. The zero-order valence-electron chi connectivity index (χ0n) is 30.2. The third-order valence-corrected chi connectivity index (χ3v) is 9.56. The highest BCUT2D eigenvalue weighted by Gasteiger charge is 2.35. The summed E-state index contributed by atoms with van der Waals surface area (Å²) in [6.07, 6.45) is 8.61. The molecule has 16 nitrogen and oxygen atoms in total. The van der Waals surface area contributed by atoms with Gasteiger partial charge in [0.1, 0.15) is 30.2 Å². The van der Waals surface area contributed by atoms with E-state index in [1.807, 2.05) is 0 Å². The van der Waals surface area contributed by atoms with Crippen LogP contribution in [0, 0.1) is 17.8 Å². The lowest BCUT2D eigenvalue weighted by molar-refractivity contribution is -0.144. The molecule has 5 atom stereocenters. The summed E-state index contributed by atoms with van der Waals surface area (Å²) in [6, 6.07) is -6.45. The van der Waals surface area contributed by atoms with E-state index in [0.29, 0.717) is 0 Å². The van der Waals surface area contributed by atoms with E-state index in [1.165, 1.54) is 6.92 Å². The van der Waals surface area contributed by atoms with Crippen molar-refractivity contribution in [2.75, 3.05) is 0 Å². The molecule has 16 heteroatoms. The number of nitrogens with one attached hydrogen (secondary N) is 5. The summed E-state index contributed by atoms with van der Waals surface area (Å²) in [5.41, 5.74) is 5.24. The number of hydrogen-bond donors (Lipinski definition) is 8. The lowest BCUT2D eigenvalue weighted by Crippen LogP contribution is -2.59. The molecule has 2 aliphatic rings. The van der Waals surface area contributed by atoms with Gasteiger partial charge in [0.2, 0.25) is 35.4 Å². The first-order valence-electron chi connectivity index (χ1n) is 18.3. The van der Waals surface area contributed by atoms with E-state index in [-0.39, 0.29) is 49.9 Å². The lowest BCUT2D eigenvalue weighted by Gasteiger charge is -2.30. The highest BCUT2D eigenvalue weighted by Crippen LogP contribution is 2.28. The van der Waals surface area contributed by atoms with Gasteiger partial charge < -0.3 is 42.5 Å². The Morgan fingerprint density at radius 1 is 0.608 bits per heavy atom. The van der Waals surface area contributed by atoms with Gasteiger partial charge >= 0.3 is 11.9 Å². The third-order valence-electron chi connectivity index (χ3n) is 9.56. The molecule has 2 rings (SSSR count). The molecule has 0 saturated heterocycles. The van der Waals surface area contributed by atoms with Crippen molar-refractivity contribution in [3.63, 3.8) is 0 Å². The Morgan fingerprint density at radius 2 is 1.04 bits per heavy atom. The van der Waals surface area contributed by atoms with Gasteiger partial charge in [0.05, 0.1) is 6.42 Å². The first kappa shape index (κ1) is 42.9. The van der Waals surface area contributed by atoms with Crippen molar-refractivity contribution in [1.82, 2.24) is 26.6 Å². The Bertz CT molecular complexity index is 1230. The topological polar surface area (TPSA) is 263 Å². The summed E-state index contributed by atoms with van der Waals surface area (Å²) in [5.74, 6) is -7.07. The number of primary amides is 1. The van der Waals surface area contributed by atoms with Crippen LogP contribution < -0.4 is 32.3 Å². The van der Waals surface area contributed by atoms with Gasteiger partial charge in [-0.05, 0) is 43.4 Å². The Morgan fingerprint density at radius 3 is 1.51 bits per heavy atom. The van der Waals surface area contributed by atoms with Crippen molar-refractivity contribution < 1.29 is 48.6 Å². The number of rotatable bonds is 21. The Hall–Kier alpha value is -4.24. The van der Waals surface area contributed by atoms with Gasteiger partial charge in [-0.3, -0.25) is 33.6 Å². The molecule has 2 aliphatic carbocycles. The van der Waals surface area contributed by atoms with Crippen LogP contribution in [0.1, 0.15) is 124 Å². The van der Waals surface area contributed by atoms with Crippen molar-refractivity contribution in [3.8, 4) is 0 Å². The Balaban J connectivity index is 2.26. The molecule has 2 saturated carbocycles. The Kier molecular flexibility index (Phi) is 18.4. The SMILES string of the molecule is CC(=O)N[C@@H](CCC(N)=O)C(=O)N[C@@H](CC1CCCCC1)C(=O)NC(CC(=O)O)C(=O)N[C@@H](CC(C)C)C(=O)N[C@@H](CC1CCCCC1)C(=O)O. The van der Waals surface area contributed by atoms with Crippen LogP contribution >= 0.6 is 0 Å². The van der Waals surface area contributed by atoms with Crippen LogP contribution in [0.2, 0.25) is 0 Å². The van der Waals surface area contributed by atoms with E-state index in [1.54, 1.807) is 13.8 Å². The molecule has 0 radical (unpaired) electrons. The fourth-order valence-electron chi connectivity index (χ4n) is 6.94. The molecule has 51 heavy (non-hydrogen) atoms. The van der Waals surface area contributed by atoms with Crippen LogP contribution in [0.15, 0.2) is 0 Å². The maximum atomic E-state index is 13.8. The number of nitrogens with two attached hydrogens (primary N) is 1. The van der Waals surface area contributed by atoms with Crippen LogP contribution in [-0.2, 0) is 38.4 Å². The highest BCUT2D eigenvalue weighted by molar-refractivity contribution is 5.97. The van der Waals surface area contributed by atoms with E-state index in [2.05, 4.69) is 26.6 Å². The first-order valence-corrected chi connectivity index (χ1v) is 18.3. The van der Waals surface area contributed by atoms with Gasteiger partial charge in [-0.25, -0.2) is 4.79 Å². The minimum atomic E-state index is -1.65. The number of carboxylic acids is 2. The number of carboxylic acid groups (broad SMARTS) is 2. The monoisotopic (exact) mass is 722 g/mol. The lowest BCUT2D eigenvalue weighted by atomic mass is 9.84. The van der Waals surface area contributed by atoms with E-state index in [9.17, 15) is 48.6 Å². The van der Waals surface area contributed by atoms with E-state index < -0.39 is 84.0 Å². The number of carbonyl (C=O) groups is 8. The molecular formula is C35H58N6O10. The van der Waals surface area contributed by atoms with Gasteiger partial charge in [0, 0.05) is 13.3 Å². The molecule has 0 spiro atoms. The second kappa shape index (κ2) is 21.9. The summed E-state index contributed by atoms with van der Waals surface area (Å²) >= 11 is 0. The minimum absolute atomic E-state index is 0.0429. The fourth-order valence-corrected chi connectivity index (χ4v) is 6.94. The molecule has 0 aliphatic heterocycles. The number of amides is 6. The Labute approximate surface area is 299 Å². The molecular weight excluding hydrogens is 664 g/mol. The van der Waals surface area contributed by atoms with Gasteiger partial charge in [-0.2, -0.15) is 0 Å². The van der Waals surface area contributed by atoms with Gasteiger partial charge in [-0.1, -0.05) is 78.1 Å². The predicted octanol–water partition coefficient (Wildman–Crippen LogP) is 1.24. The van der Waals surface area contributed by atoms with E-state index in [0.717, 1.165) is 64.2 Å². The normalized spacial score (nSPS) is 18.3. The fraction of sp³-hybridized carbons (Fsp3) is 0.771. The summed E-state index contributed by atoms with van der Waals surface area (Å²) in [7, 11) is 0. The maximum Gasteiger partial charge on any atom is 0.326 e. The molecule has 288 valence electrons. The molecule has 9 N–H and O–H groups in total. The summed E-state index contributed by atoms with van der Waals surface area (Å²) in [4.78, 5) is 101. The van der Waals surface area contributed by atoms with Crippen molar-refractivity contribution in [2.24, 2.45) is 23.5 Å². The van der Waals surface area contributed by atoms with Crippen molar-refractivity contribution in [3.05, 3.63) is 0 Å². The first-order chi connectivity index (χ1) is 24.0. The summed E-state index contributed by atoms with van der Waals surface area (Å²) < 4.78 is 0. The van der Waals surface area contributed by atoms with Gasteiger partial charge in [0.15, 0.2) is 0 Å². The quantitative estimate of drug-likeness (QED) is 0.0840. The predicted molar refractivity (Wildman–Crippen MR) is 185 cm³/mol. The molecule has 0 aromatic carbocycles. The molecule has 0 bridgehead atoms. The smallest absolute Gasteiger partial charge is 0.326 e. The zero-order chi connectivity index (χ0) is 38.1. The van der Waals surface area contributed by atoms with Crippen LogP contribution in [0.5, 0.6) is 0 Å². The van der Waals surface area contributed by atoms with E-state index in [4.69, 9.17) is 5.73 Å². The molecule has 0 aromatic heterocycles. The molecule has 0 heterocycles. The number of aliphatic carboxylic acids is 2. The van der Waals surface area contributed by atoms with Crippen LogP contribution in [0.3, 0.4) is 0 Å². The largest absolute Gasteiger partial charge is 0.481 e. The standard InChI is InChI=1S/C35H58N6O10/c1-20(2)16-25(32(47)41-28(35(50)51)18-23-12-8-5-9-13-23)38-34(49)27(19-30(44)45)40-33(48)26(17-22-10-6-4-7-11-22)39-31(46)24(37-21(3)42)14-15-29(36)43/h20,22-28H,4-19H2,1-3H3,(H2,36,43)(H,37,42)(H,38,49)(H,39,46)(H,40,48)(H,41,47)(H,44,45)(H,50,51)/t24-,25-,26-,27?,28-/m0/s1. The summed E-state index contributed by atoms with van der Waals surface area (Å²) in [6.45, 7) is 4.79. The second-order valence-corrected chi connectivity index (χ2v) is 14.5. The minimum Gasteiger partial charge on any atom is -0.481 e. The van der Waals surface area contributed by atoms with Crippen LogP contribution in [0.4, 0.5) is 0 Å². The van der Waals surface area contributed by atoms with Crippen molar-refractivity contribution >= 4 is 47.4 Å². The van der Waals surface area contributed by atoms with E-state index >= 15 is 0 Å². The van der Waals surface area contributed by atoms with Crippen molar-refractivity contribution in [2.45, 2.75) is 154 Å². The zero-order valence-corrected chi connectivity index (χ0v) is 30.2.